The highest BCUT2D eigenvalue weighted by Gasteiger charge is 2.61. The number of hydrogen-bond donors (Lipinski definition) is 3. The molecule has 3 rings (SSSR count). The van der Waals surface area contributed by atoms with Crippen LogP contribution < -0.4 is 15.4 Å². The average molecular weight is 569 g/mol. The zero-order valence-corrected chi connectivity index (χ0v) is 24.4. The van der Waals surface area contributed by atoms with Crippen LogP contribution in [0.4, 0.5) is 4.79 Å². The molecule has 1 aliphatic carbocycles. The van der Waals surface area contributed by atoms with Gasteiger partial charge in [0.25, 0.3) is 5.91 Å². The number of allylic oxidation sites excluding steroid dienone is 1. The van der Waals surface area contributed by atoms with Gasteiger partial charge in [0.05, 0.1) is 5.75 Å². The summed E-state index contributed by atoms with van der Waals surface area (Å²) in [5, 5.41) is 5.52. The summed E-state index contributed by atoms with van der Waals surface area (Å²) in [6, 6.07) is -1.67. The largest absolute Gasteiger partial charge is 0.444 e. The van der Waals surface area contributed by atoms with E-state index in [0.717, 1.165) is 19.3 Å². The number of unbranched alkanes of at least 4 members (excludes halogenated alkanes) is 1. The molecule has 1 saturated heterocycles. The fraction of sp³-hybridized carbons (Fsp3) is 0.778. The molecule has 0 spiro atoms. The van der Waals surface area contributed by atoms with Crippen molar-refractivity contribution in [3.8, 4) is 0 Å². The van der Waals surface area contributed by atoms with Crippen LogP contribution in [-0.2, 0) is 29.1 Å². The van der Waals surface area contributed by atoms with Gasteiger partial charge in [-0.2, -0.15) is 0 Å². The van der Waals surface area contributed by atoms with Gasteiger partial charge in [0.1, 0.15) is 23.2 Å². The Kier molecular flexibility index (Phi) is 10.1. The Morgan fingerprint density at radius 1 is 1.15 bits per heavy atom. The molecule has 0 unspecified atom stereocenters. The van der Waals surface area contributed by atoms with E-state index in [1.165, 1.54) is 4.90 Å². The average Bonchev–Trinajstić information content (AvgIpc) is 3.29. The number of ether oxygens (including phenoxy) is 1. The van der Waals surface area contributed by atoms with Crippen molar-refractivity contribution in [1.29, 1.82) is 0 Å². The minimum atomic E-state index is -3.84. The molecule has 0 aromatic heterocycles. The van der Waals surface area contributed by atoms with Gasteiger partial charge in [-0.05, 0) is 65.7 Å². The lowest BCUT2D eigenvalue weighted by Gasteiger charge is -2.30. The number of rotatable bonds is 6. The number of carbonyl (C=O) groups is 4. The van der Waals surface area contributed by atoms with Crippen molar-refractivity contribution >= 4 is 33.8 Å². The number of hydrogen-bond acceptors (Lipinski definition) is 7. The third kappa shape index (κ3) is 8.43. The number of nitrogens with zero attached hydrogens (tertiary/aromatic N) is 1. The van der Waals surface area contributed by atoms with Gasteiger partial charge in [0.2, 0.25) is 21.8 Å². The second-order valence-electron chi connectivity index (χ2n) is 11.8. The Morgan fingerprint density at radius 3 is 2.59 bits per heavy atom. The van der Waals surface area contributed by atoms with Crippen molar-refractivity contribution in [2.45, 2.75) is 115 Å². The Morgan fingerprint density at radius 2 is 1.90 bits per heavy atom. The van der Waals surface area contributed by atoms with E-state index in [-0.39, 0.29) is 24.0 Å². The second-order valence-corrected chi connectivity index (χ2v) is 13.7. The number of alkyl carbamates (subject to hydrolysis) is 1. The van der Waals surface area contributed by atoms with Crippen LogP contribution in [0.1, 0.15) is 91.9 Å². The SMILES string of the molecule is CCCCS(=O)(=O)NC(=O)[C@@]12C[C@@H]1/C=C\CCCCC[C@H](NC(=O)OC(C)(C)C)C(=O)N1CCC[C@H]1C(=O)N2. The summed E-state index contributed by atoms with van der Waals surface area (Å²) < 4.78 is 32.5. The molecule has 12 heteroatoms. The van der Waals surface area contributed by atoms with E-state index >= 15 is 0 Å². The zero-order chi connectivity index (χ0) is 28.8. The second kappa shape index (κ2) is 12.7. The minimum Gasteiger partial charge on any atom is -0.444 e. The Bertz CT molecular complexity index is 1070. The van der Waals surface area contributed by atoms with Crippen LogP contribution in [0, 0.1) is 5.92 Å². The number of sulfonamides is 1. The molecule has 2 fully saturated rings. The maximum atomic E-state index is 13.6. The van der Waals surface area contributed by atoms with E-state index in [4.69, 9.17) is 4.74 Å². The predicted molar refractivity (Wildman–Crippen MR) is 146 cm³/mol. The van der Waals surface area contributed by atoms with Crippen molar-refractivity contribution in [3.05, 3.63) is 12.2 Å². The van der Waals surface area contributed by atoms with Crippen LogP contribution in [0.2, 0.25) is 0 Å². The van der Waals surface area contributed by atoms with E-state index in [1.807, 2.05) is 19.1 Å². The first-order valence-electron chi connectivity index (χ1n) is 14.1. The molecule has 1 saturated carbocycles. The van der Waals surface area contributed by atoms with Crippen molar-refractivity contribution < 1.29 is 32.3 Å². The van der Waals surface area contributed by atoms with Crippen LogP contribution in [0.3, 0.4) is 0 Å². The molecule has 4 atom stereocenters. The van der Waals surface area contributed by atoms with Crippen molar-refractivity contribution in [2.24, 2.45) is 5.92 Å². The van der Waals surface area contributed by atoms with Gasteiger partial charge in [-0.1, -0.05) is 38.3 Å². The molecule has 4 amide bonds. The van der Waals surface area contributed by atoms with Crippen molar-refractivity contribution in [1.82, 2.24) is 20.3 Å². The third-order valence-electron chi connectivity index (χ3n) is 7.34. The molecule has 2 heterocycles. The van der Waals surface area contributed by atoms with Gasteiger partial charge in [0.15, 0.2) is 0 Å². The van der Waals surface area contributed by atoms with Crippen LogP contribution >= 0.6 is 0 Å². The molecule has 39 heavy (non-hydrogen) atoms. The van der Waals surface area contributed by atoms with Crippen molar-refractivity contribution in [2.75, 3.05) is 12.3 Å². The summed E-state index contributed by atoms with van der Waals surface area (Å²) in [4.78, 5) is 54.3. The molecule has 0 bridgehead atoms. The first-order chi connectivity index (χ1) is 18.3. The monoisotopic (exact) mass is 568 g/mol. The van der Waals surface area contributed by atoms with Crippen LogP contribution in [0.5, 0.6) is 0 Å². The molecular weight excluding hydrogens is 524 g/mol. The van der Waals surface area contributed by atoms with E-state index in [0.29, 0.717) is 45.1 Å². The molecular formula is C27H44N4O7S. The van der Waals surface area contributed by atoms with Gasteiger partial charge >= 0.3 is 6.09 Å². The summed E-state index contributed by atoms with van der Waals surface area (Å²) in [7, 11) is -3.84. The van der Waals surface area contributed by atoms with Crippen LogP contribution in [0.15, 0.2) is 12.2 Å². The molecule has 11 nitrogen and oxygen atoms in total. The van der Waals surface area contributed by atoms with Crippen molar-refractivity contribution in [3.63, 3.8) is 0 Å². The lowest BCUT2D eigenvalue weighted by atomic mass is 10.0. The fourth-order valence-electron chi connectivity index (χ4n) is 5.16. The first kappa shape index (κ1) is 30.9. The number of amides is 4. The zero-order valence-electron chi connectivity index (χ0n) is 23.6. The third-order valence-corrected chi connectivity index (χ3v) is 8.66. The van der Waals surface area contributed by atoms with E-state index in [2.05, 4.69) is 15.4 Å². The van der Waals surface area contributed by atoms with Crippen LogP contribution in [0.25, 0.3) is 0 Å². The van der Waals surface area contributed by atoms with Gasteiger partial charge < -0.3 is 20.3 Å². The van der Waals surface area contributed by atoms with Crippen LogP contribution in [-0.4, -0.2) is 72.7 Å². The van der Waals surface area contributed by atoms with Gasteiger partial charge in [-0.3, -0.25) is 19.1 Å². The normalized spacial score (nSPS) is 29.1. The summed E-state index contributed by atoms with van der Waals surface area (Å²) >= 11 is 0. The molecule has 0 radical (unpaired) electrons. The van der Waals surface area contributed by atoms with E-state index < -0.39 is 51.2 Å². The quantitative estimate of drug-likeness (QED) is 0.417. The Balaban J connectivity index is 1.82. The highest BCUT2D eigenvalue weighted by atomic mass is 32.2. The topological polar surface area (TPSA) is 151 Å². The summed E-state index contributed by atoms with van der Waals surface area (Å²) in [6.07, 6.45) is 9.05. The Labute approximate surface area is 231 Å². The van der Waals surface area contributed by atoms with E-state index in [9.17, 15) is 27.6 Å². The lowest BCUT2D eigenvalue weighted by Crippen LogP contribution is -2.58. The highest BCUT2D eigenvalue weighted by Crippen LogP contribution is 2.45. The Hall–Kier alpha value is -2.63. The summed E-state index contributed by atoms with van der Waals surface area (Å²) in [5.74, 6) is -2.11. The molecule has 220 valence electrons. The minimum absolute atomic E-state index is 0.170. The number of nitrogens with one attached hydrogen (secondary N) is 3. The standard InChI is InChI=1S/C27H44N4O7S/c1-5-6-17-39(36,37)30-24(34)27-18-19(27)13-10-8-7-9-11-14-20(28-25(35)38-26(2,3)4)23(33)31-16-12-15-21(31)22(32)29-27/h10,13,19-21H,5-9,11-12,14-18H2,1-4H3,(H,28,35)(H,29,32)(H,30,34)/b13-10-/t19-,20-,21-,27+/m0/s1. The first-order valence-corrected chi connectivity index (χ1v) is 15.8. The number of carbonyl (C=O) groups excluding carboxylic acids is 4. The van der Waals surface area contributed by atoms with Gasteiger partial charge in [-0.15, -0.1) is 0 Å². The maximum absolute atomic E-state index is 13.6. The molecule has 3 aliphatic rings. The smallest absolute Gasteiger partial charge is 0.408 e. The van der Waals surface area contributed by atoms with Gasteiger partial charge in [-0.25, -0.2) is 13.2 Å². The molecule has 3 N–H and O–H groups in total. The molecule has 0 aromatic carbocycles. The molecule has 2 aliphatic heterocycles. The summed E-state index contributed by atoms with van der Waals surface area (Å²) in [5.41, 5.74) is -2.10. The summed E-state index contributed by atoms with van der Waals surface area (Å²) in [6.45, 7) is 7.43. The number of fused-ring (bicyclic) bond motifs is 2. The maximum Gasteiger partial charge on any atom is 0.408 e. The lowest BCUT2D eigenvalue weighted by molar-refractivity contribution is -0.141. The van der Waals surface area contributed by atoms with Gasteiger partial charge in [0, 0.05) is 12.5 Å². The fourth-order valence-corrected chi connectivity index (χ4v) is 6.40. The predicted octanol–water partition coefficient (Wildman–Crippen LogP) is 2.51. The van der Waals surface area contributed by atoms with E-state index in [1.54, 1.807) is 20.8 Å². The molecule has 0 aromatic rings. The highest BCUT2D eigenvalue weighted by molar-refractivity contribution is 7.90.